The molecule has 0 bridgehead atoms. The van der Waals surface area contributed by atoms with Crippen molar-refractivity contribution in [1.29, 1.82) is 0 Å². The second kappa shape index (κ2) is 11.5. The zero-order chi connectivity index (χ0) is 25.7. The van der Waals surface area contributed by atoms with Gasteiger partial charge in [-0.2, -0.15) is 0 Å². The van der Waals surface area contributed by atoms with Crippen molar-refractivity contribution in [3.8, 4) is 0 Å². The van der Waals surface area contributed by atoms with E-state index >= 15 is 0 Å². The number of hydrogen-bond donors (Lipinski definition) is 0. The summed E-state index contributed by atoms with van der Waals surface area (Å²) in [7, 11) is 4.37. The van der Waals surface area contributed by atoms with Crippen molar-refractivity contribution in [3.63, 3.8) is 0 Å². The Kier molecular flexibility index (Phi) is 8.43. The van der Waals surface area contributed by atoms with E-state index in [2.05, 4.69) is 77.6 Å². The van der Waals surface area contributed by atoms with E-state index in [1.54, 1.807) is 4.90 Å². The maximum absolute atomic E-state index is 12.7. The number of likely N-dealkylation sites (N-methyl/N-ethyl adjacent to an activating group) is 1. The lowest BCUT2D eigenvalue weighted by atomic mass is 9.84. The topological polar surface area (TPSA) is 39.7 Å². The molecule has 2 saturated heterocycles. The average Bonchev–Trinajstić information content (AvgIpc) is 3.52. The maximum Gasteiger partial charge on any atom is 0.235 e. The number of benzene rings is 1. The van der Waals surface area contributed by atoms with Crippen LogP contribution in [-0.2, 0) is 4.79 Å². The first-order valence-corrected chi connectivity index (χ1v) is 13.3. The molecule has 5 rings (SSSR count). The molecule has 192 valence electrons. The number of carbonyl (C=O) groups excluding carboxylic acids is 1. The van der Waals surface area contributed by atoms with Gasteiger partial charge in [0.15, 0.2) is 0 Å². The first kappa shape index (κ1) is 26.3. The van der Waals surface area contributed by atoms with Crippen molar-refractivity contribution < 1.29 is 4.79 Å². The van der Waals surface area contributed by atoms with E-state index in [9.17, 15) is 4.79 Å². The second-order valence-corrected chi connectivity index (χ2v) is 11.4. The molecule has 0 saturated carbocycles. The van der Waals surface area contributed by atoms with Crippen molar-refractivity contribution in [2.24, 2.45) is 5.41 Å². The first-order chi connectivity index (χ1) is 17.3. The number of likely N-dealkylation sites (tertiary alicyclic amines) is 2. The number of aromatic nitrogens is 1. The molecular weight excluding hydrogens is 444 g/mol. The number of pyridine rings is 1. The third-order valence-electron chi connectivity index (χ3n) is 7.62. The number of amides is 1. The number of carbonyl (C=O) groups is 1. The van der Waals surface area contributed by atoms with Crippen LogP contribution in [0.15, 0.2) is 78.9 Å². The Hall–Kier alpha value is -2.76. The van der Waals surface area contributed by atoms with Crippen LogP contribution in [0.3, 0.4) is 0 Å². The fourth-order valence-electron chi connectivity index (χ4n) is 5.58. The summed E-state index contributed by atoms with van der Waals surface area (Å²) in [6.07, 6.45) is 15.0. The molecule has 3 aliphatic rings. The lowest BCUT2D eigenvalue weighted by molar-refractivity contribution is -0.134. The van der Waals surface area contributed by atoms with E-state index < -0.39 is 0 Å². The fraction of sp³-hybridized carbons (Fsp3) is 0.484. The Morgan fingerprint density at radius 2 is 1.53 bits per heavy atom. The molecule has 3 aliphatic heterocycles. The largest absolute Gasteiger partial charge is 0.300 e. The van der Waals surface area contributed by atoms with Gasteiger partial charge in [-0.3, -0.25) is 24.5 Å². The minimum atomic E-state index is -0.382. The molecule has 1 aromatic carbocycles. The maximum atomic E-state index is 12.7. The Bertz CT molecular complexity index is 1060. The van der Waals surface area contributed by atoms with Crippen LogP contribution in [0, 0.1) is 5.41 Å². The highest BCUT2D eigenvalue weighted by atomic mass is 16.2. The molecule has 4 heterocycles. The van der Waals surface area contributed by atoms with E-state index in [4.69, 9.17) is 0 Å². The summed E-state index contributed by atoms with van der Waals surface area (Å²) in [5.41, 5.74) is 3.61. The molecule has 36 heavy (non-hydrogen) atoms. The van der Waals surface area contributed by atoms with Crippen LogP contribution in [0.5, 0.6) is 0 Å². The molecule has 0 unspecified atom stereocenters. The van der Waals surface area contributed by atoms with E-state index in [0.717, 1.165) is 13.0 Å². The van der Waals surface area contributed by atoms with Gasteiger partial charge < -0.3 is 0 Å². The molecule has 3 atom stereocenters. The van der Waals surface area contributed by atoms with Crippen LogP contribution < -0.4 is 0 Å². The number of hydrogen-bond acceptors (Lipinski definition) is 4. The van der Waals surface area contributed by atoms with E-state index in [0.29, 0.717) is 12.1 Å². The predicted octanol–water partition coefficient (Wildman–Crippen LogP) is 6.00. The van der Waals surface area contributed by atoms with Crippen LogP contribution in [0.2, 0.25) is 0 Å². The van der Waals surface area contributed by atoms with Crippen molar-refractivity contribution in [2.45, 2.75) is 64.5 Å². The summed E-state index contributed by atoms with van der Waals surface area (Å²) in [5.74, 6) is 0.393. The lowest BCUT2D eigenvalue weighted by Crippen LogP contribution is -2.37. The Morgan fingerprint density at radius 3 is 2.08 bits per heavy atom. The summed E-state index contributed by atoms with van der Waals surface area (Å²) in [6.45, 7) is 8.27. The van der Waals surface area contributed by atoms with E-state index in [1.165, 1.54) is 42.5 Å². The van der Waals surface area contributed by atoms with Crippen molar-refractivity contribution >= 4 is 5.91 Å². The van der Waals surface area contributed by atoms with Gasteiger partial charge in [0.05, 0.1) is 0 Å². The van der Waals surface area contributed by atoms with Gasteiger partial charge in [0.2, 0.25) is 5.91 Å². The van der Waals surface area contributed by atoms with Crippen LogP contribution in [0.1, 0.15) is 69.5 Å². The summed E-state index contributed by atoms with van der Waals surface area (Å²) in [6, 6.07) is 15.8. The van der Waals surface area contributed by atoms with E-state index in [1.807, 2.05) is 45.4 Å². The third-order valence-corrected chi connectivity index (χ3v) is 7.62. The number of allylic oxidation sites excluding steroid dienone is 1. The quantitative estimate of drug-likeness (QED) is 0.534. The van der Waals surface area contributed by atoms with Gasteiger partial charge in [-0.15, -0.1) is 0 Å². The van der Waals surface area contributed by atoms with Gasteiger partial charge in [0.1, 0.15) is 0 Å². The summed E-state index contributed by atoms with van der Waals surface area (Å²) < 4.78 is 0. The fourth-order valence-corrected chi connectivity index (χ4v) is 5.58. The van der Waals surface area contributed by atoms with Gasteiger partial charge in [-0.25, -0.2) is 0 Å². The van der Waals surface area contributed by atoms with E-state index in [-0.39, 0.29) is 17.2 Å². The highest BCUT2D eigenvalue weighted by Gasteiger charge is 2.34. The summed E-state index contributed by atoms with van der Waals surface area (Å²) in [4.78, 5) is 23.5. The zero-order valence-electron chi connectivity index (χ0n) is 22.6. The molecule has 2 fully saturated rings. The van der Waals surface area contributed by atoms with Crippen LogP contribution >= 0.6 is 0 Å². The van der Waals surface area contributed by atoms with Crippen molar-refractivity contribution in [2.75, 3.05) is 27.2 Å². The molecule has 1 aromatic heterocycles. The minimum absolute atomic E-state index is 0.142. The monoisotopic (exact) mass is 486 g/mol. The second-order valence-electron chi connectivity index (χ2n) is 11.4. The molecule has 5 heteroatoms. The Labute approximate surface area is 217 Å². The Morgan fingerprint density at radius 1 is 0.889 bits per heavy atom. The van der Waals surface area contributed by atoms with Gasteiger partial charge in [0, 0.05) is 48.2 Å². The van der Waals surface area contributed by atoms with Gasteiger partial charge in [0.25, 0.3) is 0 Å². The van der Waals surface area contributed by atoms with Gasteiger partial charge in [-0.1, -0.05) is 63.2 Å². The standard InChI is InChI=1S/C21H28N2O.C10H14N2/c1-21(2,3)20(24)23-14-12-17(16-9-6-5-7-10-16)18(15-23)19-11-8-13-22(19)4;1-12-7-3-5-10(12)9-4-2-6-11-8-9/h5-7,9-10,12,14-15,17,19H,8,11,13H2,1-4H3;2,4,6,8,10H,3,5,7H2,1H3/t17-,19-;10-/m00/s1. The smallest absolute Gasteiger partial charge is 0.235 e. The minimum Gasteiger partial charge on any atom is -0.300 e. The summed E-state index contributed by atoms with van der Waals surface area (Å²) >= 11 is 0. The first-order valence-electron chi connectivity index (χ1n) is 13.3. The molecule has 2 aromatic rings. The molecular formula is C31H42N4O. The molecule has 0 aliphatic carbocycles. The molecule has 0 radical (unpaired) electrons. The Balaban J connectivity index is 0.000000211. The van der Waals surface area contributed by atoms with Crippen LogP contribution in [0.4, 0.5) is 0 Å². The molecule has 0 spiro atoms. The average molecular weight is 487 g/mol. The molecule has 0 N–H and O–H groups in total. The highest BCUT2D eigenvalue weighted by molar-refractivity contribution is 5.83. The predicted molar refractivity (Wildman–Crippen MR) is 147 cm³/mol. The van der Waals surface area contributed by atoms with Crippen LogP contribution in [-0.4, -0.2) is 58.8 Å². The normalized spacial score (nSPS) is 24.9. The third kappa shape index (κ3) is 6.13. The number of nitrogens with zero attached hydrogens (tertiary/aromatic N) is 4. The molecule has 1 amide bonds. The highest BCUT2D eigenvalue weighted by Crippen LogP contribution is 2.37. The van der Waals surface area contributed by atoms with Gasteiger partial charge >= 0.3 is 0 Å². The van der Waals surface area contributed by atoms with Crippen molar-refractivity contribution in [1.82, 2.24) is 19.7 Å². The summed E-state index contributed by atoms with van der Waals surface area (Å²) in [5, 5.41) is 0. The lowest BCUT2D eigenvalue weighted by Gasteiger charge is -2.34. The zero-order valence-corrected chi connectivity index (χ0v) is 22.6. The molecule has 5 nitrogen and oxygen atoms in total. The van der Waals surface area contributed by atoms with Crippen LogP contribution in [0.25, 0.3) is 0 Å². The van der Waals surface area contributed by atoms with Gasteiger partial charge in [-0.05, 0) is 75.6 Å². The van der Waals surface area contributed by atoms with Crippen molar-refractivity contribution in [3.05, 3.63) is 90.0 Å². The number of rotatable bonds is 3. The SMILES string of the molecule is CN1CCC[C@H]1C1=CN(C(=O)C(C)(C)C)C=C[C@H]1c1ccccc1.CN1CCC[C@H]1c1cccnc1.